The van der Waals surface area contributed by atoms with Gasteiger partial charge in [0.25, 0.3) is 0 Å². The zero-order chi connectivity index (χ0) is 15.8. The zero-order valence-corrected chi connectivity index (χ0v) is 14.6. The van der Waals surface area contributed by atoms with Crippen LogP contribution in [0, 0.1) is 0 Å². The third kappa shape index (κ3) is 2.84. The second-order valence-electron chi connectivity index (χ2n) is 5.92. The van der Waals surface area contributed by atoms with Gasteiger partial charge in [-0.1, -0.05) is 0 Å². The van der Waals surface area contributed by atoms with Crippen LogP contribution in [0.2, 0.25) is 0 Å². The highest BCUT2D eigenvalue weighted by Gasteiger charge is 2.14. The van der Waals surface area contributed by atoms with Crippen molar-refractivity contribution in [2.24, 2.45) is 0 Å². The Bertz CT molecular complexity index is 819. The summed E-state index contributed by atoms with van der Waals surface area (Å²) in [4.78, 5) is 13.5. The topological polar surface area (TPSA) is 37.2 Å². The first-order chi connectivity index (χ1) is 11.2. The number of likely N-dealkylation sites (N-methyl/N-ethyl adjacent to an activating group) is 1. The number of halogens is 1. The van der Waals surface area contributed by atoms with Crippen LogP contribution in [0.3, 0.4) is 0 Å². The van der Waals surface area contributed by atoms with E-state index in [9.17, 15) is 0 Å². The van der Waals surface area contributed by atoms with Gasteiger partial charge < -0.3 is 9.80 Å². The van der Waals surface area contributed by atoms with Crippen LogP contribution in [0.25, 0.3) is 16.7 Å². The van der Waals surface area contributed by atoms with Crippen LogP contribution in [-0.4, -0.2) is 52.7 Å². The van der Waals surface area contributed by atoms with Crippen molar-refractivity contribution in [2.45, 2.75) is 0 Å². The van der Waals surface area contributed by atoms with Crippen molar-refractivity contribution >= 4 is 32.7 Å². The van der Waals surface area contributed by atoms with Crippen LogP contribution in [0.5, 0.6) is 0 Å². The van der Waals surface area contributed by atoms with E-state index in [-0.39, 0.29) is 0 Å². The number of nitrogens with zero attached hydrogens (tertiary/aromatic N) is 5. The summed E-state index contributed by atoms with van der Waals surface area (Å²) in [6.07, 6.45) is 3.64. The third-order valence-corrected chi connectivity index (χ3v) is 4.83. The number of aromatic nitrogens is 3. The molecular formula is C17H18BrN5. The SMILES string of the molecule is CN1CCN(c2ccc(-n3cnc4cnc(Br)cc43)cc2)CC1. The molecule has 0 unspecified atom stereocenters. The van der Waals surface area contributed by atoms with Gasteiger partial charge in [-0.25, -0.2) is 9.97 Å². The minimum absolute atomic E-state index is 0.820. The van der Waals surface area contributed by atoms with Gasteiger partial charge in [0.05, 0.1) is 11.7 Å². The molecule has 4 rings (SSSR count). The zero-order valence-electron chi connectivity index (χ0n) is 13.0. The van der Waals surface area contributed by atoms with Gasteiger partial charge >= 0.3 is 0 Å². The van der Waals surface area contributed by atoms with Crippen molar-refractivity contribution in [3.8, 4) is 5.69 Å². The lowest BCUT2D eigenvalue weighted by atomic mass is 10.2. The maximum atomic E-state index is 4.42. The van der Waals surface area contributed by atoms with Crippen molar-refractivity contribution in [3.63, 3.8) is 0 Å². The van der Waals surface area contributed by atoms with E-state index in [1.807, 2.05) is 12.4 Å². The lowest BCUT2D eigenvalue weighted by molar-refractivity contribution is 0.313. The molecule has 3 heterocycles. The molecule has 0 atom stereocenters. The van der Waals surface area contributed by atoms with Crippen molar-refractivity contribution in [2.75, 3.05) is 38.1 Å². The van der Waals surface area contributed by atoms with Crippen molar-refractivity contribution in [1.29, 1.82) is 0 Å². The summed E-state index contributed by atoms with van der Waals surface area (Å²) >= 11 is 3.43. The smallest absolute Gasteiger partial charge is 0.108 e. The Labute approximate surface area is 143 Å². The fraction of sp³-hybridized carbons (Fsp3) is 0.294. The van der Waals surface area contributed by atoms with Gasteiger partial charge in [0.2, 0.25) is 0 Å². The number of anilines is 1. The standard InChI is InChI=1S/C17H18BrN5/c1-21-6-8-22(9-7-21)13-2-4-14(5-3-13)23-12-20-15-11-19-17(18)10-16(15)23/h2-5,10-12H,6-9H2,1H3. The summed E-state index contributed by atoms with van der Waals surface area (Å²) < 4.78 is 2.91. The molecule has 5 nitrogen and oxygen atoms in total. The molecule has 0 amide bonds. The molecule has 1 aliphatic heterocycles. The van der Waals surface area contributed by atoms with Gasteiger partial charge in [0.15, 0.2) is 0 Å². The number of imidazole rings is 1. The van der Waals surface area contributed by atoms with Gasteiger partial charge in [-0.2, -0.15) is 0 Å². The molecule has 1 saturated heterocycles. The minimum Gasteiger partial charge on any atom is -0.369 e. The summed E-state index contributed by atoms with van der Waals surface area (Å²) in [6, 6.07) is 10.7. The van der Waals surface area contributed by atoms with E-state index >= 15 is 0 Å². The molecule has 1 aliphatic rings. The highest BCUT2D eigenvalue weighted by atomic mass is 79.9. The number of hydrogen-bond donors (Lipinski definition) is 0. The van der Waals surface area contributed by atoms with Crippen LogP contribution >= 0.6 is 15.9 Å². The van der Waals surface area contributed by atoms with Crippen LogP contribution in [0.4, 0.5) is 5.69 Å². The first-order valence-electron chi connectivity index (χ1n) is 7.73. The van der Waals surface area contributed by atoms with E-state index in [4.69, 9.17) is 0 Å². The van der Waals surface area contributed by atoms with Gasteiger partial charge in [0, 0.05) is 37.6 Å². The fourth-order valence-electron chi connectivity index (χ4n) is 2.98. The number of fused-ring (bicyclic) bond motifs is 1. The van der Waals surface area contributed by atoms with E-state index in [2.05, 4.69) is 71.6 Å². The monoisotopic (exact) mass is 371 g/mol. The Morgan fingerprint density at radius 3 is 2.39 bits per heavy atom. The van der Waals surface area contributed by atoms with E-state index in [1.54, 1.807) is 6.20 Å². The Morgan fingerprint density at radius 2 is 1.65 bits per heavy atom. The van der Waals surface area contributed by atoms with Gasteiger partial charge in [-0.15, -0.1) is 0 Å². The van der Waals surface area contributed by atoms with Crippen LogP contribution in [0.15, 0.2) is 47.5 Å². The van der Waals surface area contributed by atoms with E-state index in [0.29, 0.717) is 0 Å². The Morgan fingerprint density at radius 1 is 0.957 bits per heavy atom. The highest BCUT2D eigenvalue weighted by Crippen LogP contribution is 2.23. The molecule has 118 valence electrons. The average Bonchev–Trinajstić information content (AvgIpc) is 2.99. The predicted octanol–water partition coefficient (Wildman–Crippen LogP) is 2.93. The lowest BCUT2D eigenvalue weighted by Crippen LogP contribution is -2.44. The second kappa shape index (κ2) is 5.94. The number of rotatable bonds is 2. The van der Waals surface area contributed by atoms with Crippen molar-refractivity contribution in [1.82, 2.24) is 19.4 Å². The average molecular weight is 372 g/mol. The second-order valence-corrected chi connectivity index (χ2v) is 6.73. The molecule has 0 radical (unpaired) electrons. The first-order valence-corrected chi connectivity index (χ1v) is 8.52. The Kier molecular flexibility index (Phi) is 3.79. The molecule has 0 aliphatic carbocycles. The molecule has 1 fully saturated rings. The molecule has 23 heavy (non-hydrogen) atoms. The lowest BCUT2D eigenvalue weighted by Gasteiger charge is -2.34. The van der Waals surface area contributed by atoms with Crippen LogP contribution in [0.1, 0.15) is 0 Å². The van der Waals surface area contributed by atoms with Crippen molar-refractivity contribution < 1.29 is 0 Å². The molecule has 0 spiro atoms. The van der Waals surface area contributed by atoms with E-state index in [1.165, 1.54) is 5.69 Å². The summed E-state index contributed by atoms with van der Waals surface area (Å²) in [5, 5.41) is 0. The number of benzene rings is 1. The van der Waals surface area contributed by atoms with E-state index < -0.39 is 0 Å². The third-order valence-electron chi connectivity index (χ3n) is 4.40. The highest BCUT2D eigenvalue weighted by molar-refractivity contribution is 9.10. The minimum atomic E-state index is 0.820. The quantitative estimate of drug-likeness (QED) is 0.649. The molecule has 1 aromatic carbocycles. The molecule has 2 aromatic heterocycles. The van der Waals surface area contributed by atoms with Crippen molar-refractivity contribution in [3.05, 3.63) is 47.5 Å². The summed E-state index contributed by atoms with van der Waals surface area (Å²) in [6.45, 7) is 4.41. The number of pyridine rings is 1. The molecule has 0 bridgehead atoms. The van der Waals surface area contributed by atoms with Gasteiger partial charge in [-0.3, -0.25) is 4.57 Å². The Balaban J connectivity index is 1.63. The van der Waals surface area contributed by atoms with Gasteiger partial charge in [0.1, 0.15) is 16.4 Å². The van der Waals surface area contributed by atoms with E-state index in [0.717, 1.165) is 47.5 Å². The maximum Gasteiger partial charge on any atom is 0.108 e. The van der Waals surface area contributed by atoms with Crippen LogP contribution < -0.4 is 4.90 Å². The molecule has 3 aromatic rings. The molecule has 0 saturated carbocycles. The summed E-state index contributed by atoms with van der Waals surface area (Å²) in [5.41, 5.74) is 4.35. The maximum absolute atomic E-state index is 4.42. The van der Waals surface area contributed by atoms with Crippen LogP contribution in [-0.2, 0) is 0 Å². The predicted molar refractivity (Wildman–Crippen MR) is 96.3 cm³/mol. The number of piperazine rings is 1. The Hall–Kier alpha value is -1.92. The normalized spacial score (nSPS) is 16.2. The summed E-state index contributed by atoms with van der Waals surface area (Å²) in [7, 11) is 2.18. The number of hydrogen-bond acceptors (Lipinski definition) is 4. The van der Waals surface area contributed by atoms with Gasteiger partial charge in [-0.05, 0) is 53.3 Å². The molecule has 0 N–H and O–H groups in total. The summed E-state index contributed by atoms with van der Waals surface area (Å²) in [5.74, 6) is 0. The fourth-order valence-corrected chi connectivity index (χ4v) is 3.30. The first kappa shape index (κ1) is 14.7. The molecule has 6 heteroatoms. The largest absolute Gasteiger partial charge is 0.369 e. The molecular weight excluding hydrogens is 354 g/mol.